The van der Waals surface area contributed by atoms with E-state index in [4.69, 9.17) is 9.47 Å². The normalized spacial score (nSPS) is 12.2. The number of para-hydroxylation sites is 1. The van der Waals surface area contributed by atoms with Crippen molar-refractivity contribution in [1.82, 2.24) is 0 Å². The SMILES string of the molecule is COC(C(=O)c1ccccc1OC(C)C)c1ccccc1. The van der Waals surface area contributed by atoms with Gasteiger partial charge in [0.05, 0.1) is 11.7 Å². The van der Waals surface area contributed by atoms with Crippen LogP contribution in [0.5, 0.6) is 5.75 Å². The third-order valence-electron chi connectivity index (χ3n) is 3.09. The number of ketones is 1. The Hall–Kier alpha value is -2.13. The molecule has 0 N–H and O–H groups in total. The quantitative estimate of drug-likeness (QED) is 0.751. The van der Waals surface area contributed by atoms with Crippen LogP contribution >= 0.6 is 0 Å². The van der Waals surface area contributed by atoms with Gasteiger partial charge >= 0.3 is 0 Å². The van der Waals surface area contributed by atoms with Crippen LogP contribution in [0.25, 0.3) is 0 Å². The first-order chi connectivity index (χ1) is 10.1. The Bertz CT molecular complexity index is 590. The highest BCUT2D eigenvalue weighted by atomic mass is 16.5. The zero-order valence-electron chi connectivity index (χ0n) is 12.6. The Balaban J connectivity index is 2.34. The van der Waals surface area contributed by atoms with Crippen molar-refractivity contribution in [3.05, 3.63) is 65.7 Å². The second-order valence-electron chi connectivity index (χ2n) is 5.05. The molecule has 3 nitrogen and oxygen atoms in total. The van der Waals surface area contributed by atoms with Crippen molar-refractivity contribution in [2.75, 3.05) is 7.11 Å². The lowest BCUT2D eigenvalue weighted by molar-refractivity contribution is 0.0599. The summed E-state index contributed by atoms with van der Waals surface area (Å²) in [4.78, 5) is 12.8. The Morgan fingerprint density at radius 1 is 0.952 bits per heavy atom. The van der Waals surface area contributed by atoms with Crippen molar-refractivity contribution >= 4 is 5.78 Å². The van der Waals surface area contributed by atoms with Gasteiger partial charge in [-0.05, 0) is 31.5 Å². The first-order valence-electron chi connectivity index (χ1n) is 7.01. The molecule has 0 aliphatic heterocycles. The molecule has 0 amide bonds. The molecule has 0 bridgehead atoms. The smallest absolute Gasteiger partial charge is 0.199 e. The third-order valence-corrected chi connectivity index (χ3v) is 3.09. The topological polar surface area (TPSA) is 35.5 Å². The summed E-state index contributed by atoms with van der Waals surface area (Å²) < 4.78 is 11.1. The minimum atomic E-state index is -0.622. The summed E-state index contributed by atoms with van der Waals surface area (Å²) >= 11 is 0. The number of hydrogen-bond donors (Lipinski definition) is 0. The summed E-state index contributed by atoms with van der Waals surface area (Å²) in [5.41, 5.74) is 1.38. The number of carbonyl (C=O) groups excluding carboxylic acids is 1. The van der Waals surface area contributed by atoms with Crippen LogP contribution in [0.1, 0.15) is 35.9 Å². The average Bonchev–Trinajstić information content (AvgIpc) is 2.49. The molecule has 3 heteroatoms. The van der Waals surface area contributed by atoms with Gasteiger partial charge in [-0.3, -0.25) is 4.79 Å². The molecule has 1 unspecified atom stereocenters. The number of ether oxygens (including phenoxy) is 2. The number of methoxy groups -OCH3 is 1. The van der Waals surface area contributed by atoms with Gasteiger partial charge in [0.1, 0.15) is 11.9 Å². The molecule has 0 aliphatic rings. The van der Waals surface area contributed by atoms with Crippen molar-refractivity contribution in [3.63, 3.8) is 0 Å². The summed E-state index contributed by atoms with van der Waals surface area (Å²) in [6.07, 6.45) is -0.611. The second kappa shape index (κ2) is 7.04. The molecule has 0 fully saturated rings. The van der Waals surface area contributed by atoms with E-state index in [0.717, 1.165) is 5.56 Å². The molecule has 0 saturated heterocycles. The van der Waals surface area contributed by atoms with E-state index in [0.29, 0.717) is 11.3 Å². The minimum Gasteiger partial charge on any atom is -0.490 e. The number of rotatable bonds is 6. The molecular weight excluding hydrogens is 264 g/mol. The van der Waals surface area contributed by atoms with Gasteiger partial charge in [-0.15, -0.1) is 0 Å². The zero-order chi connectivity index (χ0) is 15.2. The van der Waals surface area contributed by atoms with Crippen LogP contribution in [0.2, 0.25) is 0 Å². The van der Waals surface area contributed by atoms with Crippen LogP contribution in [-0.4, -0.2) is 19.0 Å². The maximum atomic E-state index is 12.8. The molecule has 0 aliphatic carbocycles. The van der Waals surface area contributed by atoms with E-state index in [1.54, 1.807) is 13.2 Å². The van der Waals surface area contributed by atoms with Gasteiger partial charge in [-0.2, -0.15) is 0 Å². The van der Waals surface area contributed by atoms with Gasteiger partial charge in [0.25, 0.3) is 0 Å². The minimum absolute atomic E-state index is 0.0108. The van der Waals surface area contributed by atoms with E-state index in [-0.39, 0.29) is 11.9 Å². The van der Waals surface area contributed by atoms with Crippen LogP contribution in [0.3, 0.4) is 0 Å². The van der Waals surface area contributed by atoms with E-state index in [2.05, 4.69) is 0 Å². The lowest BCUT2D eigenvalue weighted by atomic mass is 9.99. The molecule has 21 heavy (non-hydrogen) atoms. The van der Waals surface area contributed by atoms with Gasteiger partial charge in [0, 0.05) is 7.11 Å². The Kier molecular flexibility index (Phi) is 5.12. The molecule has 0 spiro atoms. The molecule has 2 aromatic carbocycles. The molecule has 0 heterocycles. The third kappa shape index (κ3) is 3.70. The second-order valence-corrected chi connectivity index (χ2v) is 5.05. The van der Waals surface area contributed by atoms with E-state index in [1.807, 2.05) is 62.4 Å². The highest BCUT2D eigenvalue weighted by Gasteiger charge is 2.24. The molecule has 2 aromatic rings. The van der Waals surface area contributed by atoms with Crippen LogP contribution in [-0.2, 0) is 4.74 Å². The monoisotopic (exact) mass is 284 g/mol. The summed E-state index contributed by atoms with van der Waals surface area (Å²) in [6, 6.07) is 16.7. The standard InChI is InChI=1S/C18H20O3/c1-13(2)21-16-12-8-7-11-15(16)17(19)18(20-3)14-9-5-4-6-10-14/h4-13,18H,1-3H3. The molecule has 0 aromatic heterocycles. The molecule has 0 radical (unpaired) electrons. The van der Waals surface area contributed by atoms with Crippen molar-refractivity contribution in [2.24, 2.45) is 0 Å². The van der Waals surface area contributed by atoms with Crippen LogP contribution in [0.15, 0.2) is 54.6 Å². The molecule has 0 saturated carbocycles. The Labute approximate surface area is 125 Å². The maximum Gasteiger partial charge on any atom is 0.199 e. The fourth-order valence-electron chi connectivity index (χ4n) is 2.19. The lowest BCUT2D eigenvalue weighted by Crippen LogP contribution is -2.17. The van der Waals surface area contributed by atoms with Crippen molar-refractivity contribution in [2.45, 2.75) is 26.1 Å². The van der Waals surface area contributed by atoms with Gasteiger partial charge in [-0.1, -0.05) is 42.5 Å². The Morgan fingerprint density at radius 2 is 1.57 bits per heavy atom. The average molecular weight is 284 g/mol. The molecular formula is C18H20O3. The van der Waals surface area contributed by atoms with E-state index >= 15 is 0 Å². The number of hydrogen-bond acceptors (Lipinski definition) is 3. The summed E-state index contributed by atoms with van der Waals surface area (Å²) in [7, 11) is 1.54. The van der Waals surface area contributed by atoms with Crippen LogP contribution in [0.4, 0.5) is 0 Å². The maximum absolute atomic E-state index is 12.8. The van der Waals surface area contributed by atoms with E-state index < -0.39 is 6.10 Å². The van der Waals surface area contributed by atoms with Crippen LogP contribution in [0, 0.1) is 0 Å². The highest BCUT2D eigenvalue weighted by molar-refractivity contribution is 6.02. The Morgan fingerprint density at radius 3 is 2.19 bits per heavy atom. The largest absolute Gasteiger partial charge is 0.490 e. The summed E-state index contributed by atoms with van der Waals surface area (Å²) in [5.74, 6) is 0.496. The van der Waals surface area contributed by atoms with Gasteiger partial charge in [-0.25, -0.2) is 0 Å². The predicted molar refractivity (Wildman–Crippen MR) is 82.7 cm³/mol. The number of benzene rings is 2. The van der Waals surface area contributed by atoms with Crippen molar-refractivity contribution < 1.29 is 14.3 Å². The zero-order valence-corrected chi connectivity index (χ0v) is 12.6. The van der Waals surface area contributed by atoms with Gasteiger partial charge in [0.2, 0.25) is 0 Å². The van der Waals surface area contributed by atoms with E-state index in [9.17, 15) is 4.79 Å². The fourth-order valence-corrected chi connectivity index (χ4v) is 2.19. The van der Waals surface area contributed by atoms with E-state index in [1.165, 1.54) is 0 Å². The van der Waals surface area contributed by atoms with Crippen LogP contribution < -0.4 is 4.74 Å². The van der Waals surface area contributed by atoms with Gasteiger partial charge < -0.3 is 9.47 Å². The molecule has 1 atom stereocenters. The predicted octanol–water partition coefficient (Wildman–Crippen LogP) is 4.04. The first-order valence-corrected chi connectivity index (χ1v) is 7.01. The van der Waals surface area contributed by atoms with Crippen molar-refractivity contribution in [3.8, 4) is 5.75 Å². The lowest BCUT2D eigenvalue weighted by Gasteiger charge is -2.18. The molecule has 2 rings (SSSR count). The summed E-state index contributed by atoms with van der Waals surface area (Å²) in [6.45, 7) is 3.87. The van der Waals surface area contributed by atoms with Crippen molar-refractivity contribution in [1.29, 1.82) is 0 Å². The first kappa shape index (κ1) is 15.3. The number of carbonyl (C=O) groups is 1. The number of Topliss-reactive ketones (excluding diaryl/α,β-unsaturated/α-hetero) is 1. The molecule has 110 valence electrons. The fraction of sp³-hybridized carbons (Fsp3) is 0.278. The van der Waals surface area contributed by atoms with Gasteiger partial charge in [0.15, 0.2) is 5.78 Å². The highest BCUT2D eigenvalue weighted by Crippen LogP contribution is 2.27. The summed E-state index contributed by atoms with van der Waals surface area (Å²) in [5, 5.41) is 0.